The average Bonchev–Trinajstić information content (AvgIpc) is 2.44. The van der Waals surface area contributed by atoms with Crippen LogP contribution in [-0.2, 0) is 0 Å². The van der Waals surface area contributed by atoms with Crippen molar-refractivity contribution >= 4 is 5.96 Å². The van der Waals surface area contributed by atoms with Crippen molar-refractivity contribution in [1.82, 2.24) is 4.90 Å². The highest BCUT2D eigenvalue weighted by Gasteiger charge is 2.38. The van der Waals surface area contributed by atoms with E-state index in [2.05, 4.69) is 30.7 Å². The van der Waals surface area contributed by atoms with Crippen LogP contribution in [0, 0.1) is 0 Å². The first kappa shape index (κ1) is 10.4. The fraction of sp³-hybridized carbons (Fsp3) is 0.900. The second-order valence-electron chi connectivity index (χ2n) is 3.75. The fourth-order valence-corrected chi connectivity index (χ4v) is 2.30. The molecule has 13 heavy (non-hydrogen) atoms. The number of hydrogen-bond donors (Lipinski definition) is 1. The molecule has 0 aromatic heterocycles. The van der Waals surface area contributed by atoms with Crippen LogP contribution in [0.1, 0.15) is 40.0 Å². The van der Waals surface area contributed by atoms with Crippen LogP contribution in [0.25, 0.3) is 0 Å². The van der Waals surface area contributed by atoms with Gasteiger partial charge in [-0.3, -0.25) is 4.99 Å². The molecule has 1 unspecified atom stereocenters. The molecule has 1 aliphatic rings. The Morgan fingerprint density at radius 1 is 1.46 bits per heavy atom. The lowest BCUT2D eigenvalue weighted by atomic mass is 9.90. The van der Waals surface area contributed by atoms with Gasteiger partial charge in [-0.15, -0.1) is 0 Å². The van der Waals surface area contributed by atoms with Crippen molar-refractivity contribution in [1.29, 1.82) is 0 Å². The lowest BCUT2D eigenvalue weighted by Gasteiger charge is -2.38. The summed E-state index contributed by atoms with van der Waals surface area (Å²) in [5, 5.41) is 0. The second kappa shape index (κ2) is 3.99. The number of nitrogens with zero attached hydrogens (tertiary/aromatic N) is 2. The van der Waals surface area contributed by atoms with Gasteiger partial charge in [-0.1, -0.05) is 20.3 Å². The molecule has 0 aromatic rings. The van der Waals surface area contributed by atoms with E-state index in [1.807, 2.05) is 0 Å². The summed E-state index contributed by atoms with van der Waals surface area (Å²) in [5.41, 5.74) is 6.08. The number of hydrogen-bond acceptors (Lipinski definition) is 3. The Morgan fingerprint density at radius 3 is 2.62 bits per heavy atom. The molecule has 2 N–H and O–H groups in total. The Labute approximate surface area is 81.0 Å². The van der Waals surface area contributed by atoms with Gasteiger partial charge in [0.05, 0.1) is 12.1 Å². The molecule has 1 rings (SSSR count). The summed E-state index contributed by atoms with van der Waals surface area (Å²) in [6, 6.07) is 0. The molecule has 1 aliphatic heterocycles. The second-order valence-corrected chi connectivity index (χ2v) is 3.75. The molecule has 0 radical (unpaired) electrons. The Kier molecular flexibility index (Phi) is 3.17. The van der Waals surface area contributed by atoms with E-state index in [0.717, 1.165) is 25.5 Å². The summed E-state index contributed by atoms with van der Waals surface area (Å²) < 4.78 is 0. The van der Waals surface area contributed by atoms with Crippen LogP contribution in [0.4, 0.5) is 0 Å². The van der Waals surface area contributed by atoms with Crippen LogP contribution in [0.5, 0.6) is 0 Å². The van der Waals surface area contributed by atoms with E-state index in [1.54, 1.807) is 0 Å². The SMILES string of the molecule is CCCC1(CC)CN=C(N)N1CC. The summed E-state index contributed by atoms with van der Waals surface area (Å²) in [6.45, 7) is 8.46. The Bertz CT molecular complexity index is 200. The summed E-state index contributed by atoms with van der Waals surface area (Å²) in [7, 11) is 0. The maximum absolute atomic E-state index is 5.85. The minimum atomic E-state index is 0.230. The molecule has 0 aromatic carbocycles. The number of rotatable bonds is 4. The zero-order valence-corrected chi connectivity index (χ0v) is 9.01. The molecule has 1 atom stereocenters. The smallest absolute Gasteiger partial charge is 0.191 e. The van der Waals surface area contributed by atoms with Gasteiger partial charge in [0.2, 0.25) is 0 Å². The van der Waals surface area contributed by atoms with Crippen LogP contribution in [0.2, 0.25) is 0 Å². The average molecular weight is 183 g/mol. The monoisotopic (exact) mass is 183 g/mol. The van der Waals surface area contributed by atoms with Gasteiger partial charge in [0.1, 0.15) is 0 Å². The van der Waals surface area contributed by atoms with E-state index in [0.29, 0.717) is 0 Å². The highest BCUT2D eigenvalue weighted by molar-refractivity contribution is 5.80. The Hall–Kier alpha value is -0.730. The van der Waals surface area contributed by atoms with Crippen molar-refractivity contribution in [3.8, 4) is 0 Å². The molecule has 76 valence electrons. The fourth-order valence-electron chi connectivity index (χ4n) is 2.30. The first-order valence-electron chi connectivity index (χ1n) is 5.27. The maximum atomic E-state index is 5.85. The molecule has 1 heterocycles. The Morgan fingerprint density at radius 2 is 2.15 bits per heavy atom. The van der Waals surface area contributed by atoms with Crippen LogP contribution in [0.15, 0.2) is 4.99 Å². The zero-order chi connectivity index (χ0) is 9.90. The van der Waals surface area contributed by atoms with Crippen LogP contribution >= 0.6 is 0 Å². The lowest BCUT2D eigenvalue weighted by molar-refractivity contribution is 0.184. The summed E-state index contributed by atoms with van der Waals surface area (Å²) in [6.07, 6.45) is 3.54. The van der Waals surface area contributed by atoms with Crippen molar-refractivity contribution in [2.45, 2.75) is 45.6 Å². The van der Waals surface area contributed by atoms with Gasteiger partial charge in [0, 0.05) is 6.54 Å². The summed E-state index contributed by atoms with van der Waals surface area (Å²) >= 11 is 0. The van der Waals surface area contributed by atoms with Gasteiger partial charge in [-0.25, -0.2) is 0 Å². The first-order valence-corrected chi connectivity index (χ1v) is 5.27. The molecule has 3 heteroatoms. The van der Waals surface area contributed by atoms with E-state index < -0.39 is 0 Å². The van der Waals surface area contributed by atoms with E-state index in [1.165, 1.54) is 12.8 Å². The zero-order valence-electron chi connectivity index (χ0n) is 9.01. The van der Waals surface area contributed by atoms with Gasteiger partial charge in [-0.2, -0.15) is 0 Å². The number of likely N-dealkylation sites (N-methyl/N-ethyl adjacent to an activating group) is 1. The first-order chi connectivity index (χ1) is 6.20. The predicted molar refractivity (Wildman–Crippen MR) is 56.8 cm³/mol. The molecule has 0 spiro atoms. The van der Waals surface area contributed by atoms with Crippen molar-refractivity contribution in [2.24, 2.45) is 10.7 Å². The summed E-state index contributed by atoms with van der Waals surface area (Å²) in [5.74, 6) is 0.734. The molecule has 0 bridgehead atoms. The molecular formula is C10H21N3. The predicted octanol–water partition coefficient (Wildman–Crippen LogP) is 1.59. The standard InChI is InChI=1S/C10H21N3/c1-4-7-10(5-2)8-12-9(11)13(10)6-3/h4-8H2,1-3H3,(H2,11,12). The molecule has 3 nitrogen and oxygen atoms in total. The van der Waals surface area contributed by atoms with Crippen molar-refractivity contribution in [2.75, 3.05) is 13.1 Å². The molecule has 0 saturated heterocycles. The lowest BCUT2D eigenvalue weighted by Crippen LogP contribution is -2.51. The van der Waals surface area contributed by atoms with Gasteiger partial charge in [0.15, 0.2) is 5.96 Å². The van der Waals surface area contributed by atoms with E-state index in [9.17, 15) is 0 Å². The molecule has 0 aliphatic carbocycles. The summed E-state index contributed by atoms with van der Waals surface area (Å²) in [4.78, 5) is 6.61. The van der Waals surface area contributed by atoms with E-state index in [4.69, 9.17) is 5.73 Å². The van der Waals surface area contributed by atoms with Gasteiger partial charge >= 0.3 is 0 Å². The van der Waals surface area contributed by atoms with Crippen molar-refractivity contribution < 1.29 is 0 Å². The molecule has 0 amide bonds. The van der Waals surface area contributed by atoms with Crippen molar-refractivity contribution in [3.63, 3.8) is 0 Å². The molecule has 0 fully saturated rings. The highest BCUT2D eigenvalue weighted by atomic mass is 15.3. The molecular weight excluding hydrogens is 162 g/mol. The highest BCUT2D eigenvalue weighted by Crippen LogP contribution is 2.29. The van der Waals surface area contributed by atoms with Crippen molar-refractivity contribution in [3.05, 3.63) is 0 Å². The largest absolute Gasteiger partial charge is 0.370 e. The third kappa shape index (κ3) is 1.64. The topological polar surface area (TPSA) is 41.6 Å². The number of nitrogens with two attached hydrogens (primary N) is 1. The van der Waals surface area contributed by atoms with Gasteiger partial charge in [-0.05, 0) is 19.8 Å². The minimum absolute atomic E-state index is 0.230. The van der Waals surface area contributed by atoms with Gasteiger partial charge in [0.25, 0.3) is 0 Å². The van der Waals surface area contributed by atoms with E-state index >= 15 is 0 Å². The molecule has 0 saturated carbocycles. The Balaban J connectivity index is 2.77. The third-order valence-electron chi connectivity index (χ3n) is 3.07. The van der Waals surface area contributed by atoms with Crippen LogP contribution < -0.4 is 5.73 Å². The van der Waals surface area contributed by atoms with Crippen LogP contribution in [0.3, 0.4) is 0 Å². The minimum Gasteiger partial charge on any atom is -0.370 e. The normalized spacial score (nSPS) is 27.9. The number of guanidine groups is 1. The maximum Gasteiger partial charge on any atom is 0.191 e. The quantitative estimate of drug-likeness (QED) is 0.719. The van der Waals surface area contributed by atoms with E-state index in [-0.39, 0.29) is 5.54 Å². The number of aliphatic imine (C=N–C) groups is 1. The van der Waals surface area contributed by atoms with Gasteiger partial charge < -0.3 is 10.6 Å². The van der Waals surface area contributed by atoms with Crippen LogP contribution in [-0.4, -0.2) is 29.5 Å². The third-order valence-corrected chi connectivity index (χ3v) is 3.07.